The first-order valence-corrected chi connectivity index (χ1v) is 9.45. The number of pyridine rings is 1. The lowest BCUT2D eigenvalue weighted by Gasteiger charge is -2.33. The quantitative estimate of drug-likeness (QED) is 0.816. The second kappa shape index (κ2) is 7.00. The summed E-state index contributed by atoms with van der Waals surface area (Å²) in [6.45, 7) is 1.74. The number of piperidine rings is 1. The Morgan fingerprint density at radius 3 is 2.88 bits per heavy atom. The van der Waals surface area contributed by atoms with E-state index in [4.69, 9.17) is 0 Å². The van der Waals surface area contributed by atoms with Gasteiger partial charge in [0.1, 0.15) is 5.82 Å². The number of imidazole rings is 1. The Bertz CT molecular complexity index is 773. The maximum absolute atomic E-state index is 12.4. The molecule has 0 bridgehead atoms. The van der Waals surface area contributed by atoms with Crippen LogP contribution < -0.4 is 0 Å². The number of rotatable bonds is 5. The van der Waals surface area contributed by atoms with Crippen molar-refractivity contribution in [2.75, 3.05) is 27.2 Å². The molecule has 24 heavy (non-hydrogen) atoms. The lowest BCUT2D eigenvalue weighted by Crippen LogP contribution is -2.45. The van der Waals surface area contributed by atoms with Gasteiger partial charge in [-0.1, -0.05) is 6.07 Å². The summed E-state index contributed by atoms with van der Waals surface area (Å²) in [5.41, 5.74) is 1.10. The maximum atomic E-state index is 12.4. The van der Waals surface area contributed by atoms with E-state index in [-0.39, 0.29) is 5.92 Å². The van der Waals surface area contributed by atoms with Gasteiger partial charge in [0, 0.05) is 57.9 Å². The molecule has 7 nitrogen and oxygen atoms in total. The summed E-state index contributed by atoms with van der Waals surface area (Å²) in [6.07, 6.45) is 9.12. The van der Waals surface area contributed by atoms with Gasteiger partial charge in [-0.25, -0.2) is 4.98 Å². The van der Waals surface area contributed by atoms with E-state index in [0.29, 0.717) is 19.6 Å². The van der Waals surface area contributed by atoms with Gasteiger partial charge in [-0.05, 0) is 24.5 Å². The van der Waals surface area contributed by atoms with Gasteiger partial charge < -0.3 is 4.57 Å². The Morgan fingerprint density at radius 1 is 1.33 bits per heavy atom. The fourth-order valence-corrected chi connectivity index (χ4v) is 4.29. The molecule has 8 heteroatoms. The van der Waals surface area contributed by atoms with Crippen LogP contribution in [0.25, 0.3) is 0 Å². The Kier molecular flexibility index (Phi) is 4.98. The molecule has 2 aromatic rings. The second-order valence-corrected chi connectivity index (χ2v) is 8.40. The third kappa shape index (κ3) is 3.50. The van der Waals surface area contributed by atoms with Crippen molar-refractivity contribution in [1.29, 1.82) is 0 Å². The van der Waals surface area contributed by atoms with Crippen LogP contribution in [-0.2, 0) is 16.8 Å². The minimum atomic E-state index is -3.38. The summed E-state index contributed by atoms with van der Waals surface area (Å²) < 4.78 is 29.7. The Labute approximate surface area is 143 Å². The Morgan fingerprint density at radius 2 is 2.17 bits per heavy atom. The molecular formula is C16H23N5O2S. The van der Waals surface area contributed by atoms with E-state index in [0.717, 1.165) is 24.2 Å². The summed E-state index contributed by atoms with van der Waals surface area (Å²) in [6, 6.07) is 3.94. The lowest BCUT2D eigenvalue weighted by atomic mass is 9.99. The molecule has 1 aliphatic rings. The van der Waals surface area contributed by atoms with Crippen molar-refractivity contribution in [3.63, 3.8) is 0 Å². The molecule has 3 heterocycles. The van der Waals surface area contributed by atoms with Crippen LogP contribution in [0.15, 0.2) is 36.9 Å². The van der Waals surface area contributed by atoms with Gasteiger partial charge in [-0.3, -0.25) is 4.98 Å². The molecule has 1 fully saturated rings. The largest absolute Gasteiger partial charge is 0.330 e. The smallest absolute Gasteiger partial charge is 0.281 e. The van der Waals surface area contributed by atoms with Gasteiger partial charge in [0.05, 0.1) is 6.54 Å². The van der Waals surface area contributed by atoms with E-state index in [1.165, 1.54) is 4.31 Å². The molecule has 3 rings (SSSR count). The molecular weight excluding hydrogens is 326 g/mol. The van der Waals surface area contributed by atoms with Crippen LogP contribution in [0.2, 0.25) is 0 Å². The van der Waals surface area contributed by atoms with Gasteiger partial charge in [-0.15, -0.1) is 0 Å². The topological polar surface area (TPSA) is 71.3 Å². The summed E-state index contributed by atoms with van der Waals surface area (Å²) in [5.74, 6) is 1.05. The zero-order chi connectivity index (χ0) is 17.2. The van der Waals surface area contributed by atoms with E-state index in [1.807, 2.05) is 24.5 Å². The molecule has 0 N–H and O–H groups in total. The Hall–Kier alpha value is -1.77. The average molecular weight is 349 g/mol. The van der Waals surface area contributed by atoms with Crippen molar-refractivity contribution < 1.29 is 8.42 Å². The van der Waals surface area contributed by atoms with Gasteiger partial charge >= 0.3 is 0 Å². The minimum Gasteiger partial charge on any atom is -0.330 e. The first-order chi connectivity index (χ1) is 11.5. The summed E-state index contributed by atoms with van der Waals surface area (Å²) >= 11 is 0. The van der Waals surface area contributed by atoms with Crippen molar-refractivity contribution in [3.05, 3.63) is 48.3 Å². The highest BCUT2D eigenvalue weighted by molar-refractivity contribution is 7.86. The van der Waals surface area contributed by atoms with E-state index in [9.17, 15) is 8.42 Å². The number of hydrogen-bond acceptors (Lipinski definition) is 4. The van der Waals surface area contributed by atoms with Crippen LogP contribution in [0.3, 0.4) is 0 Å². The van der Waals surface area contributed by atoms with E-state index < -0.39 is 10.2 Å². The maximum Gasteiger partial charge on any atom is 0.281 e. The molecule has 1 saturated heterocycles. The zero-order valence-corrected chi connectivity index (χ0v) is 14.9. The minimum absolute atomic E-state index is 0.111. The standard InChI is InChI=1S/C16H23N5O2S/c1-19(2)24(22,23)21-9-4-6-15(13-21)16-18-8-10-20(16)12-14-5-3-7-17-11-14/h3,5,7-8,10-11,15H,4,6,9,12-13H2,1-2H3/t15-/m0/s1. The van der Waals surface area contributed by atoms with E-state index in [1.54, 1.807) is 30.8 Å². The van der Waals surface area contributed by atoms with Gasteiger partial charge in [-0.2, -0.15) is 17.0 Å². The molecule has 0 aromatic carbocycles. The predicted molar refractivity (Wildman–Crippen MR) is 91.7 cm³/mol. The first-order valence-electron chi connectivity index (χ1n) is 8.06. The van der Waals surface area contributed by atoms with Gasteiger partial charge in [0.25, 0.3) is 10.2 Å². The van der Waals surface area contributed by atoms with Crippen molar-refractivity contribution in [3.8, 4) is 0 Å². The monoisotopic (exact) mass is 349 g/mol. The van der Waals surface area contributed by atoms with E-state index in [2.05, 4.69) is 14.5 Å². The van der Waals surface area contributed by atoms with E-state index >= 15 is 0 Å². The number of aromatic nitrogens is 3. The first kappa shape index (κ1) is 17.1. The van der Waals surface area contributed by atoms with Crippen LogP contribution in [0.5, 0.6) is 0 Å². The average Bonchev–Trinajstić information content (AvgIpc) is 3.04. The highest BCUT2D eigenvalue weighted by Gasteiger charge is 2.32. The van der Waals surface area contributed by atoms with Crippen molar-refractivity contribution in [2.24, 2.45) is 0 Å². The molecule has 1 aliphatic heterocycles. The Balaban J connectivity index is 1.79. The highest BCUT2D eigenvalue weighted by Crippen LogP contribution is 2.28. The van der Waals surface area contributed by atoms with Crippen LogP contribution in [0, 0.1) is 0 Å². The van der Waals surface area contributed by atoms with Crippen LogP contribution in [-0.4, -0.2) is 58.7 Å². The summed E-state index contributed by atoms with van der Waals surface area (Å²) in [5, 5.41) is 0. The van der Waals surface area contributed by atoms with Crippen molar-refractivity contribution >= 4 is 10.2 Å². The van der Waals surface area contributed by atoms with Gasteiger partial charge in [0.15, 0.2) is 0 Å². The molecule has 130 valence electrons. The predicted octanol–water partition coefficient (Wildman–Crippen LogP) is 1.31. The molecule has 0 aliphatic carbocycles. The number of hydrogen-bond donors (Lipinski definition) is 0. The molecule has 2 aromatic heterocycles. The fourth-order valence-electron chi connectivity index (χ4n) is 3.10. The number of nitrogens with zero attached hydrogens (tertiary/aromatic N) is 5. The molecule has 0 amide bonds. The summed E-state index contributed by atoms with van der Waals surface area (Å²) in [4.78, 5) is 8.65. The molecule has 0 unspecified atom stereocenters. The molecule has 0 radical (unpaired) electrons. The normalized spacial score (nSPS) is 19.7. The lowest BCUT2D eigenvalue weighted by molar-refractivity contribution is 0.290. The zero-order valence-electron chi connectivity index (χ0n) is 14.0. The van der Waals surface area contributed by atoms with Crippen LogP contribution in [0.1, 0.15) is 30.1 Å². The second-order valence-electron chi connectivity index (χ2n) is 6.26. The SMILES string of the molecule is CN(C)S(=O)(=O)N1CCC[C@H](c2nccn2Cc2cccnc2)C1. The highest BCUT2D eigenvalue weighted by atomic mass is 32.2. The van der Waals surface area contributed by atoms with Crippen LogP contribution in [0.4, 0.5) is 0 Å². The summed E-state index contributed by atoms with van der Waals surface area (Å²) in [7, 11) is -0.233. The van der Waals surface area contributed by atoms with Gasteiger partial charge in [0.2, 0.25) is 0 Å². The molecule has 0 spiro atoms. The van der Waals surface area contributed by atoms with Crippen LogP contribution >= 0.6 is 0 Å². The third-order valence-electron chi connectivity index (χ3n) is 4.36. The molecule has 1 atom stereocenters. The third-order valence-corrected chi connectivity index (χ3v) is 6.27. The molecule has 0 saturated carbocycles. The fraction of sp³-hybridized carbons (Fsp3) is 0.500. The van der Waals surface area contributed by atoms with Crippen molar-refractivity contribution in [1.82, 2.24) is 23.1 Å². The van der Waals surface area contributed by atoms with Crippen molar-refractivity contribution in [2.45, 2.75) is 25.3 Å².